The highest BCUT2D eigenvalue weighted by atomic mass is 19.4. The minimum Gasteiger partial charge on any atom is -0.468 e. The van der Waals surface area contributed by atoms with Gasteiger partial charge < -0.3 is 20.7 Å². The Morgan fingerprint density at radius 3 is 2.71 bits per heavy atom. The Balaban J connectivity index is 1.72. The number of ether oxygens (including phenoxy) is 1. The minimum atomic E-state index is -4.47. The van der Waals surface area contributed by atoms with Gasteiger partial charge >= 0.3 is 6.18 Å². The van der Waals surface area contributed by atoms with Crippen molar-refractivity contribution in [2.45, 2.75) is 45.5 Å². The predicted octanol–water partition coefficient (Wildman–Crippen LogP) is 1.98. The van der Waals surface area contributed by atoms with E-state index < -0.39 is 24.7 Å². The fraction of sp³-hybridized carbons (Fsp3) is 0.409. The molecule has 1 aliphatic rings. The number of amides is 3. The van der Waals surface area contributed by atoms with Gasteiger partial charge in [-0.15, -0.1) is 0 Å². The summed E-state index contributed by atoms with van der Waals surface area (Å²) in [6.45, 7) is 2.23. The van der Waals surface area contributed by atoms with E-state index in [-0.39, 0.29) is 43.6 Å². The highest BCUT2D eigenvalue weighted by Crippen LogP contribution is 2.33. The van der Waals surface area contributed by atoms with Crippen LogP contribution in [0.5, 0.6) is 5.88 Å². The number of halogens is 3. The van der Waals surface area contributed by atoms with Crippen LogP contribution in [0.3, 0.4) is 0 Å². The van der Waals surface area contributed by atoms with E-state index in [9.17, 15) is 27.6 Å². The Hall–Kier alpha value is -3.70. The van der Waals surface area contributed by atoms with Gasteiger partial charge in [-0.1, -0.05) is 0 Å². The van der Waals surface area contributed by atoms with Crippen molar-refractivity contribution in [3.8, 4) is 5.88 Å². The zero-order valence-corrected chi connectivity index (χ0v) is 18.6. The first-order valence-electron chi connectivity index (χ1n) is 10.4. The Labute approximate surface area is 193 Å². The first-order valence-corrected chi connectivity index (χ1v) is 10.4. The molecule has 2 aromatic heterocycles. The second kappa shape index (κ2) is 10.1. The van der Waals surface area contributed by atoms with Crippen LogP contribution >= 0.6 is 0 Å². The molecule has 3 rings (SSSR count). The van der Waals surface area contributed by atoms with Gasteiger partial charge in [-0.05, 0) is 31.5 Å². The van der Waals surface area contributed by atoms with Crippen molar-refractivity contribution in [2.75, 3.05) is 13.2 Å². The molecule has 0 spiro atoms. The summed E-state index contributed by atoms with van der Waals surface area (Å²) in [5, 5.41) is 2.59. The van der Waals surface area contributed by atoms with Gasteiger partial charge in [0, 0.05) is 48.6 Å². The molecule has 3 N–H and O–H groups in total. The largest absolute Gasteiger partial charge is 0.468 e. The van der Waals surface area contributed by atoms with E-state index in [0.717, 1.165) is 0 Å². The number of primary amides is 1. The molecule has 182 valence electrons. The second-order valence-electron chi connectivity index (χ2n) is 7.93. The maximum atomic E-state index is 13.0. The summed E-state index contributed by atoms with van der Waals surface area (Å²) in [5.41, 5.74) is 7.59. The van der Waals surface area contributed by atoms with E-state index in [0.29, 0.717) is 27.9 Å². The second-order valence-corrected chi connectivity index (χ2v) is 7.93. The van der Waals surface area contributed by atoms with Gasteiger partial charge in [0.2, 0.25) is 17.7 Å². The van der Waals surface area contributed by atoms with Gasteiger partial charge in [-0.2, -0.15) is 13.2 Å². The first-order chi connectivity index (χ1) is 16.0. The average molecular weight is 479 g/mol. The van der Waals surface area contributed by atoms with E-state index in [1.54, 1.807) is 30.9 Å². The van der Waals surface area contributed by atoms with Crippen LogP contribution in [0.2, 0.25) is 0 Å². The molecule has 0 bridgehead atoms. The summed E-state index contributed by atoms with van der Waals surface area (Å²) in [7, 11) is 0. The molecule has 3 heterocycles. The number of aromatic nitrogens is 2. The van der Waals surface area contributed by atoms with E-state index in [1.165, 1.54) is 12.4 Å². The van der Waals surface area contributed by atoms with Crippen molar-refractivity contribution in [1.29, 1.82) is 0 Å². The topological polar surface area (TPSA) is 128 Å². The highest BCUT2D eigenvalue weighted by Gasteiger charge is 2.34. The molecule has 0 saturated heterocycles. The van der Waals surface area contributed by atoms with Crippen LogP contribution in [0.25, 0.3) is 0 Å². The summed E-state index contributed by atoms with van der Waals surface area (Å²) >= 11 is 0. The fourth-order valence-electron chi connectivity index (χ4n) is 3.61. The monoisotopic (exact) mass is 479 g/mol. The zero-order chi connectivity index (χ0) is 25.0. The molecular weight excluding hydrogens is 455 g/mol. The third kappa shape index (κ3) is 6.00. The number of nitrogens with zero attached hydrogens (tertiary/aromatic N) is 3. The summed E-state index contributed by atoms with van der Waals surface area (Å²) in [6.07, 6.45) is -1.69. The van der Waals surface area contributed by atoms with Crippen LogP contribution in [0.15, 0.2) is 24.5 Å². The van der Waals surface area contributed by atoms with Gasteiger partial charge in [0.25, 0.3) is 5.91 Å². The maximum absolute atomic E-state index is 13.0. The summed E-state index contributed by atoms with van der Waals surface area (Å²) < 4.78 is 42.0. The summed E-state index contributed by atoms with van der Waals surface area (Å²) in [4.78, 5) is 45.9. The first kappa shape index (κ1) is 24.9. The van der Waals surface area contributed by atoms with E-state index in [4.69, 9.17) is 10.5 Å². The van der Waals surface area contributed by atoms with Gasteiger partial charge in [0.1, 0.15) is 0 Å². The standard InChI is InChI=1S/C22H24F3N5O4/c1-12-7-14(9-29-20(12)34-11-22(23,24)25)13(2)30-10-16-15(21(30)33)3-5-27-17(16)8-19(32)28-6-4-18(26)31/h3,5,7,9,13H,4,6,8,10-11H2,1-2H3,(H2,26,31)(H,28,32). The number of carbonyl (C=O) groups excluding carboxylic acids is 3. The number of pyridine rings is 2. The number of hydrogen-bond donors (Lipinski definition) is 2. The number of nitrogens with two attached hydrogens (primary N) is 1. The molecule has 0 aromatic carbocycles. The molecule has 0 aliphatic carbocycles. The van der Waals surface area contributed by atoms with Gasteiger partial charge in [0.05, 0.1) is 18.2 Å². The lowest BCUT2D eigenvalue weighted by Crippen LogP contribution is -2.29. The highest BCUT2D eigenvalue weighted by molar-refractivity contribution is 5.99. The molecule has 3 amide bonds. The molecule has 9 nitrogen and oxygen atoms in total. The minimum absolute atomic E-state index is 0.0172. The van der Waals surface area contributed by atoms with Crippen molar-refractivity contribution >= 4 is 17.7 Å². The molecule has 12 heteroatoms. The number of aryl methyl sites for hydroxylation is 1. The lowest BCUT2D eigenvalue weighted by atomic mass is 10.1. The third-order valence-electron chi connectivity index (χ3n) is 5.36. The number of fused-ring (bicyclic) bond motifs is 1. The number of nitrogens with one attached hydrogen (secondary N) is 1. The van der Waals surface area contributed by atoms with Gasteiger partial charge in [0.15, 0.2) is 6.61 Å². The van der Waals surface area contributed by atoms with E-state index in [1.807, 2.05) is 0 Å². The SMILES string of the molecule is Cc1cc(C(C)N2Cc3c(ccnc3CC(=O)NCCC(N)=O)C2=O)cnc1OCC(F)(F)F. The predicted molar refractivity (Wildman–Crippen MR) is 114 cm³/mol. The molecule has 34 heavy (non-hydrogen) atoms. The summed E-state index contributed by atoms with van der Waals surface area (Å²) in [5.74, 6) is -1.26. The van der Waals surface area contributed by atoms with Gasteiger partial charge in [-0.3, -0.25) is 19.4 Å². The van der Waals surface area contributed by atoms with Crippen molar-refractivity contribution in [1.82, 2.24) is 20.2 Å². The number of alkyl halides is 3. The smallest absolute Gasteiger partial charge is 0.422 e. The van der Waals surface area contributed by atoms with Crippen molar-refractivity contribution in [3.05, 3.63) is 52.5 Å². The van der Waals surface area contributed by atoms with Crippen LogP contribution in [0.1, 0.15) is 52.1 Å². The van der Waals surface area contributed by atoms with Crippen LogP contribution < -0.4 is 15.8 Å². The number of carbonyl (C=O) groups is 3. The van der Waals surface area contributed by atoms with Crippen molar-refractivity contribution in [2.24, 2.45) is 5.73 Å². The fourth-order valence-corrected chi connectivity index (χ4v) is 3.61. The maximum Gasteiger partial charge on any atom is 0.422 e. The average Bonchev–Trinajstić information content (AvgIpc) is 3.09. The molecule has 0 saturated carbocycles. The summed E-state index contributed by atoms with van der Waals surface area (Å²) in [6, 6.07) is 2.77. The van der Waals surface area contributed by atoms with Crippen molar-refractivity contribution < 1.29 is 32.3 Å². The molecule has 0 fully saturated rings. The van der Waals surface area contributed by atoms with E-state index >= 15 is 0 Å². The van der Waals surface area contributed by atoms with Crippen LogP contribution in [-0.4, -0.2) is 51.9 Å². The number of rotatable bonds is 9. The van der Waals surface area contributed by atoms with Crippen molar-refractivity contribution in [3.63, 3.8) is 0 Å². The Bertz CT molecular complexity index is 1110. The molecule has 1 aliphatic heterocycles. The van der Waals surface area contributed by atoms with Crippen LogP contribution in [0.4, 0.5) is 13.2 Å². The van der Waals surface area contributed by atoms with Crippen LogP contribution in [-0.2, 0) is 22.6 Å². The van der Waals surface area contributed by atoms with Crippen LogP contribution in [0, 0.1) is 6.92 Å². The third-order valence-corrected chi connectivity index (χ3v) is 5.36. The molecular formula is C22H24F3N5O4. The van der Waals surface area contributed by atoms with Gasteiger partial charge in [-0.25, -0.2) is 4.98 Å². The lowest BCUT2D eigenvalue weighted by molar-refractivity contribution is -0.154. The molecule has 1 unspecified atom stereocenters. The number of hydrogen-bond acceptors (Lipinski definition) is 6. The lowest BCUT2D eigenvalue weighted by Gasteiger charge is -2.25. The molecule has 0 radical (unpaired) electrons. The van der Waals surface area contributed by atoms with E-state index in [2.05, 4.69) is 15.3 Å². The normalized spacial score (nSPS) is 14.0. The molecule has 2 aromatic rings. The quantitative estimate of drug-likeness (QED) is 0.566. The zero-order valence-electron chi connectivity index (χ0n) is 18.6. The Kier molecular flexibility index (Phi) is 7.38. The Morgan fingerprint density at radius 1 is 1.32 bits per heavy atom. The molecule has 1 atom stereocenters. The Morgan fingerprint density at radius 2 is 2.06 bits per heavy atom.